The minimum atomic E-state index is 0.470. The Bertz CT molecular complexity index is 1090. The van der Waals surface area contributed by atoms with Crippen LogP contribution in [0.5, 0.6) is 0 Å². The Morgan fingerprint density at radius 3 is 2.56 bits per heavy atom. The van der Waals surface area contributed by atoms with Crippen LogP contribution in [0.25, 0.3) is 10.8 Å². The second-order valence-corrected chi connectivity index (χ2v) is 13.1. The lowest BCUT2D eigenvalue weighted by Crippen LogP contribution is -2.54. The van der Waals surface area contributed by atoms with Gasteiger partial charge in [-0.2, -0.15) is 0 Å². The standard InChI is InChI=1S/C32H44N2/c1-21(2)34(5)26-12-15-31(3)25(19-26)8-9-27-29-11-10-28(32(29,4)16-13-30(27)31)23-7-6-22-14-17-33-20-24(22)18-23/h6-7,14,17-18,20,25-30H,1,8-13,15-16,19H2,2-5H3. The van der Waals surface area contributed by atoms with Crippen LogP contribution >= 0.6 is 0 Å². The van der Waals surface area contributed by atoms with Gasteiger partial charge in [0.2, 0.25) is 0 Å². The SMILES string of the molecule is C=C(C)N(C)C1CCC2(C)C(CCC3C2CCC2(C)C(c4ccc5ccncc5c4)CCC32)C1. The summed E-state index contributed by atoms with van der Waals surface area (Å²) in [6, 6.07) is 10.1. The summed E-state index contributed by atoms with van der Waals surface area (Å²) in [5.41, 5.74) is 3.84. The van der Waals surface area contributed by atoms with Crippen LogP contribution in [0.2, 0.25) is 0 Å². The van der Waals surface area contributed by atoms with E-state index >= 15 is 0 Å². The van der Waals surface area contributed by atoms with Gasteiger partial charge in [0.05, 0.1) is 0 Å². The van der Waals surface area contributed by atoms with Gasteiger partial charge in [0.1, 0.15) is 0 Å². The molecule has 1 aromatic carbocycles. The van der Waals surface area contributed by atoms with Gasteiger partial charge >= 0.3 is 0 Å². The highest BCUT2D eigenvalue weighted by atomic mass is 15.1. The molecule has 0 saturated heterocycles. The van der Waals surface area contributed by atoms with Crippen molar-refractivity contribution >= 4 is 10.8 Å². The molecule has 0 bridgehead atoms. The van der Waals surface area contributed by atoms with Gasteiger partial charge in [-0.05, 0) is 128 Å². The van der Waals surface area contributed by atoms with E-state index in [2.05, 4.69) is 68.5 Å². The lowest BCUT2D eigenvalue weighted by molar-refractivity contribution is -0.114. The van der Waals surface area contributed by atoms with Crippen LogP contribution in [0.15, 0.2) is 48.9 Å². The van der Waals surface area contributed by atoms with Gasteiger partial charge in [-0.25, -0.2) is 0 Å². The highest BCUT2D eigenvalue weighted by Gasteiger charge is 2.60. The second-order valence-electron chi connectivity index (χ2n) is 13.1. The maximum atomic E-state index is 4.40. The van der Waals surface area contributed by atoms with E-state index in [4.69, 9.17) is 0 Å². The van der Waals surface area contributed by atoms with Crippen molar-refractivity contribution in [3.63, 3.8) is 0 Å². The smallest absolute Gasteiger partial charge is 0.0346 e. The third kappa shape index (κ3) is 3.30. The average molecular weight is 457 g/mol. The van der Waals surface area contributed by atoms with Gasteiger partial charge in [-0.3, -0.25) is 4.98 Å². The largest absolute Gasteiger partial charge is 0.376 e. The number of allylic oxidation sites excluding steroid dienone is 1. The molecular weight excluding hydrogens is 412 g/mol. The molecule has 4 aliphatic rings. The lowest BCUT2D eigenvalue weighted by atomic mass is 9.44. The van der Waals surface area contributed by atoms with Crippen LogP contribution in [-0.4, -0.2) is 23.0 Å². The number of fused-ring (bicyclic) bond motifs is 6. The van der Waals surface area contributed by atoms with E-state index in [1.165, 1.54) is 74.3 Å². The number of benzene rings is 1. The van der Waals surface area contributed by atoms with Crippen LogP contribution in [0.1, 0.15) is 90.0 Å². The first kappa shape index (κ1) is 22.6. The number of hydrogen-bond donors (Lipinski definition) is 0. The zero-order valence-corrected chi connectivity index (χ0v) is 21.9. The Labute approximate surface area is 207 Å². The molecule has 0 amide bonds. The summed E-state index contributed by atoms with van der Waals surface area (Å²) < 4.78 is 0. The number of hydrogen-bond acceptors (Lipinski definition) is 2. The van der Waals surface area contributed by atoms with Crippen molar-refractivity contribution in [3.8, 4) is 0 Å². The summed E-state index contributed by atoms with van der Waals surface area (Å²) in [5.74, 6) is 4.43. The molecular formula is C32H44N2. The van der Waals surface area contributed by atoms with Gasteiger partial charge in [0.25, 0.3) is 0 Å². The van der Waals surface area contributed by atoms with Crippen molar-refractivity contribution in [2.24, 2.45) is 34.5 Å². The van der Waals surface area contributed by atoms with Gasteiger partial charge in [0.15, 0.2) is 0 Å². The summed E-state index contributed by atoms with van der Waals surface area (Å²) in [7, 11) is 2.27. The number of aromatic nitrogens is 1. The Morgan fingerprint density at radius 1 is 0.941 bits per heavy atom. The fraction of sp³-hybridized carbons (Fsp3) is 0.656. The molecule has 4 fully saturated rings. The van der Waals surface area contributed by atoms with Gasteiger partial charge in [-0.15, -0.1) is 0 Å². The van der Waals surface area contributed by atoms with Crippen LogP contribution in [-0.2, 0) is 0 Å². The van der Waals surface area contributed by atoms with E-state index in [1.54, 1.807) is 5.56 Å². The number of pyridine rings is 1. The monoisotopic (exact) mass is 456 g/mol. The third-order valence-electron chi connectivity index (χ3n) is 11.9. The molecule has 0 N–H and O–H groups in total. The minimum absolute atomic E-state index is 0.470. The van der Waals surface area contributed by atoms with Crippen LogP contribution in [0, 0.1) is 34.5 Å². The topological polar surface area (TPSA) is 16.1 Å². The molecule has 4 saturated carbocycles. The highest BCUT2D eigenvalue weighted by Crippen LogP contribution is 2.69. The molecule has 2 nitrogen and oxygen atoms in total. The quantitative estimate of drug-likeness (QED) is 0.463. The molecule has 1 heterocycles. The van der Waals surface area contributed by atoms with E-state index < -0.39 is 0 Å². The summed E-state index contributed by atoms with van der Waals surface area (Å²) in [4.78, 5) is 6.87. The summed E-state index contributed by atoms with van der Waals surface area (Å²) in [6.45, 7) is 11.8. The van der Waals surface area contributed by atoms with Crippen molar-refractivity contribution in [1.29, 1.82) is 0 Å². The maximum absolute atomic E-state index is 4.40. The normalized spacial score (nSPS) is 41.4. The summed E-state index contributed by atoms with van der Waals surface area (Å²) >= 11 is 0. The van der Waals surface area contributed by atoms with Gasteiger partial charge in [-0.1, -0.05) is 32.6 Å². The molecule has 2 heteroatoms. The molecule has 6 rings (SSSR count). The molecule has 8 atom stereocenters. The second kappa shape index (κ2) is 8.10. The molecule has 4 aliphatic carbocycles. The zero-order valence-electron chi connectivity index (χ0n) is 21.9. The molecule has 2 aromatic rings. The van der Waals surface area contributed by atoms with E-state index in [1.807, 2.05) is 12.4 Å². The molecule has 34 heavy (non-hydrogen) atoms. The summed E-state index contributed by atoms with van der Waals surface area (Å²) in [5, 5.41) is 2.63. The number of nitrogens with zero attached hydrogens (tertiary/aromatic N) is 2. The van der Waals surface area contributed by atoms with Crippen molar-refractivity contribution in [2.45, 2.75) is 90.5 Å². The molecule has 0 aliphatic heterocycles. The fourth-order valence-electron chi connectivity index (χ4n) is 9.77. The lowest BCUT2D eigenvalue weighted by Gasteiger charge is -2.61. The number of rotatable bonds is 3. The van der Waals surface area contributed by atoms with Crippen LogP contribution < -0.4 is 0 Å². The first-order valence-corrected chi connectivity index (χ1v) is 14.0. The Balaban J connectivity index is 1.24. The highest BCUT2D eigenvalue weighted by molar-refractivity contribution is 5.82. The predicted molar refractivity (Wildman–Crippen MR) is 143 cm³/mol. The molecule has 1 aromatic heterocycles. The fourth-order valence-corrected chi connectivity index (χ4v) is 9.77. The minimum Gasteiger partial charge on any atom is -0.376 e. The first-order valence-electron chi connectivity index (χ1n) is 14.0. The Hall–Kier alpha value is -1.83. The molecule has 0 spiro atoms. The first-order chi connectivity index (χ1) is 16.3. The van der Waals surface area contributed by atoms with E-state index in [0.29, 0.717) is 22.8 Å². The van der Waals surface area contributed by atoms with Crippen molar-refractivity contribution in [2.75, 3.05) is 7.05 Å². The zero-order chi connectivity index (χ0) is 23.7. The molecule has 8 unspecified atom stereocenters. The van der Waals surface area contributed by atoms with Crippen LogP contribution in [0.3, 0.4) is 0 Å². The van der Waals surface area contributed by atoms with Gasteiger partial charge in [0, 0.05) is 36.6 Å². The van der Waals surface area contributed by atoms with Crippen molar-refractivity contribution in [1.82, 2.24) is 9.88 Å². The van der Waals surface area contributed by atoms with Crippen molar-refractivity contribution in [3.05, 3.63) is 54.5 Å². The average Bonchev–Trinajstić information content (AvgIpc) is 3.20. The van der Waals surface area contributed by atoms with Crippen LogP contribution in [0.4, 0.5) is 0 Å². The van der Waals surface area contributed by atoms with E-state index in [-0.39, 0.29) is 0 Å². The maximum Gasteiger partial charge on any atom is 0.0346 e. The Morgan fingerprint density at radius 2 is 1.74 bits per heavy atom. The Kier molecular flexibility index (Phi) is 5.39. The summed E-state index contributed by atoms with van der Waals surface area (Å²) in [6.07, 6.45) is 16.8. The van der Waals surface area contributed by atoms with E-state index in [0.717, 1.165) is 23.7 Å². The van der Waals surface area contributed by atoms with Gasteiger partial charge < -0.3 is 4.90 Å². The van der Waals surface area contributed by atoms with E-state index in [9.17, 15) is 0 Å². The molecule has 0 radical (unpaired) electrons. The molecule has 182 valence electrons. The predicted octanol–water partition coefficient (Wildman–Crippen LogP) is 8.20. The van der Waals surface area contributed by atoms with Crippen molar-refractivity contribution < 1.29 is 0 Å². The third-order valence-corrected chi connectivity index (χ3v) is 11.9.